The van der Waals surface area contributed by atoms with Gasteiger partial charge in [0.25, 0.3) is 0 Å². The molecule has 2 atom stereocenters. The number of rotatable bonds is 0. The third-order valence-corrected chi connectivity index (χ3v) is 6.45. The van der Waals surface area contributed by atoms with E-state index in [1.165, 1.54) is 26.7 Å². The van der Waals surface area contributed by atoms with Crippen molar-refractivity contribution in [3.8, 4) is 5.75 Å². The molecule has 2 aromatic rings. The lowest BCUT2D eigenvalue weighted by Crippen LogP contribution is -2.39. The van der Waals surface area contributed by atoms with Gasteiger partial charge in [0.1, 0.15) is 5.75 Å². The quantitative estimate of drug-likeness (QED) is 0.700. The molecule has 4 heteroatoms. The van der Waals surface area contributed by atoms with Gasteiger partial charge in [0.2, 0.25) is 0 Å². The molecule has 0 fully saturated rings. The first-order valence-electron chi connectivity index (χ1n) is 8.05. The Morgan fingerprint density at radius 1 is 1.22 bits per heavy atom. The molecule has 23 heavy (non-hydrogen) atoms. The van der Waals surface area contributed by atoms with Crippen molar-refractivity contribution in [1.82, 2.24) is 4.90 Å². The Labute approximate surface area is 150 Å². The number of phenolic OH excluding ortho intramolecular Hbond substituents is 1. The van der Waals surface area contributed by atoms with E-state index in [-0.39, 0.29) is 5.75 Å². The fraction of sp³-hybridized carbons (Fsp3) is 0.368. The summed E-state index contributed by atoms with van der Waals surface area (Å²) < 4.78 is 1.19. The fourth-order valence-electron chi connectivity index (χ4n) is 4.23. The van der Waals surface area contributed by atoms with E-state index >= 15 is 0 Å². The lowest BCUT2D eigenvalue weighted by molar-refractivity contribution is 0.214. The lowest BCUT2D eigenvalue weighted by Gasteiger charge is -2.38. The molecule has 1 N–H and O–H groups in total. The summed E-state index contributed by atoms with van der Waals surface area (Å²) in [6.07, 6.45) is 3.21. The van der Waals surface area contributed by atoms with E-state index in [0.717, 1.165) is 25.8 Å². The predicted molar refractivity (Wildman–Crippen MR) is 97.5 cm³/mol. The molecular formula is C19H19BrClNO. The molecule has 0 bridgehead atoms. The van der Waals surface area contributed by atoms with Crippen molar-refractivity contribution in [3.05, 3.63) is 62.1 Å². The van der Waals surface area contributed by atoms with Crippen LogP contribution in [0.25, 0.3) is 0 Å². The van der Waals surface area contributed by atoms with Crippen LogP contribution in [-0.2, 0) is 12.8 Å². The molecule has 2 aromatic carbocycles. The number of fused-ring (bicyclic) bond motifs is 5. The van der Waals surface area contributed by atoms with Crippen molar-refractivity contribution in [3.63, 3.8) is 0 Å². The Hall–Kier alpha value is -1.03. The molecule has 0 saturated carbocycles. The number of phenols is 1. The number of benzene rings is 2. The molecule has 2 unspecified atom stereocenters. The van der Waals surface area contributed by atoms with Gasteiger partial charge in [0.15, 0.2) is 0 Å². The molecule has 2 aliphatic rings. The van der Waals surface area contributed by atoms with Crippen LogP contribution < -0.4 is 0 Å². The van der Waals surface area contributed by atoms with Crippen molar-refractivity contribution in [2.24, 2.45) is 0 Å². The average Bonchev–Trinajstić information content (AvgIpc) is 2.67. The maximum atomic E-state index is 10.2. The molecule has 4 rings (SSSR count). The van der Waals surface area contributed by atoms with Crippen LogP contribution in [0.15, 0.2) is 34.8 Å². The number of hydrogen-bond acceptors (Lipinski definition) is 2. The van der Waals surface area contributed by atoms with Crippen molar-refractivity contribution in [1.29, 1.82) is 0 Å². The molecule has 2 nitrogen and oxygen atoms in total. The second-order valence-corrected chi connectivity index (χ2v) is 7.89. The van der Waals surface area contributed by atoms with Crippen LogP contribution in [0.5, 0.6) is 5.75 Å². The maximum absolute atomic E-state index is 10.2. The molecular weight excluding hydrogens is 374 g/mol. The van der Waals surface area contributed by atoms with E-state index in [2.05, 4.69) is 46.1 Å². The van der Waals surface area contributed by atoms with E-state index in [9.17, 15) is 5.11 Å². The van der Waals surface area contributed by atoms with Gasteiger partial charge in [-0.15, -0.1) is 0 Å². The van der Waals surface area contributed by atoms with Crippen LogP contribution in [0, 0.1) is 0 Å². The van der Waals surface area contributed by atoms with Gasteiger partial charge >= 0.3 is 0 Å². The van der Waals surface area contributed by atoms with Gasteiger partial charge in [-0.25, -0.2) is 0 Å². The molecule has 0 spiro atoms. The fourth-order valence-corrected chi connectivity index (χ4v) is 5.00. The first kappa shape index (κ1) is 15.5. The highest BCUT2D eigenvalue weighted by molar-refractivity contribution is 9.10. The summed E-state index contributed by atoms with van der Waals surface area (Å²) in [5, 5.41) is 10.6. The Balaban J connectivity index is 1.96. The summed E-state index contributed by atoms with van der Waals surface area (Å²) in [6.45, 7) is 1.03. The number of aromatic hydroxyl groups is 1. The normalized spacial score (nSPS) is 23.6. The van der Waals surface area contributed by atoms with Gasteiger partial charge in [-0.2, -0.15) is 0 Å². The van der Waals surface area contributed by atoms with Crippen LogP contribution in [0.1, 0.15) is 34.6 Å². The number of hydrogen-bond donors (Lipinski definition) is 1. The van der Waals surface area contributed by atoms with Gasteiger partial charge in [0, 0.05) is 23.0 Å². The van der Waals surface area contributed by atoms with Crippen molar-refractivity contribution in [2.75, 3.05) is 13.6 Å². The Kier molecular flexibility index (Phi) is 3.91. The van der Waals surface area contributed by atoms with Crippen LogP contribution in [0.4, 0.5) is 0 Å². The molecule has 0 radical (unpaired) electrons. The SMILES string of the molecule is CN1CCc2cc(Cl)c(O)cc2C2c3cccc(Br)c3CCC21. The summed E-state index contributed by atoms with van der Waals surface area (Å²) in [7, 11) is 2.22. The van der Waals surface area contributed by atoms with Crippen LogP contribution in [0.3, 0.4) is 0 Å². The second kappa shape index (κ2) is 5.80. The lowest BCUT2D eigenvalue weighted by atomic mass is 9.74. The zero-order valence-corrected chi connectivity index (χ0v) is 15.4. The van der Waals surface area contributed by atoms with Crippen molar-refractivity contribution >= 4 is 27.5 Å². The van der Waals surface area contributed by atoms with E-state index < -0.39 is 0 Å². The standard InChI is InChI=1S/C19H19BrClNO/c1-22-8-7-11-9-16(21)18(23)10-14(11)19-13-3-2-4-15(20)12(13)5-6-17(19)22/h2-4,9-10,17,19,23H,5-8H2,1H3. The molecule has 1 aliphatic heterocycles. The first-order valence-corrected chi connectivity index (χ1v) is 9.22. The van der Waals surface area contributed by atoms with E-state index in [1.54, 1.807) is 0 Å². The molecule has 1 aliphatic carbocycles. The molecule has 120 valence electrons. The minimum atomic E-state index is 0.191. The summed E-state index contributed by atoms with van der Waals surface area (Å²) in [6, 6.07) is 10.8. The summed E-state index contributed by atoms with van der Waals surface area (Å²) in [4.78, 5) is 2.47. The third kappa shape index (κ3) is 2.50. The topological polar surface area (TPSA) is 23.5 Å². The Bertz CT molecular complexity index is 776. The predicted octanol–water partition coefficient (Wildman–Crippen LogP) is 4.74. The van der Waals surface area contributed by atoms with Gasteiger partial charge in [-0.1, -0.05) is 39.7 Å². The number of halogens is 2. The largest absolute Gasteiger partial charge is 0.506 e. The van der Waals surface area contributed by atoms with Gasteiger partial charge in [-0.05, 0) is 66.8 Å². The summed E-state index contributed by atoms with van der Waals surface area (Å²) in [5.74, 6) is 0.484. The maximum Gasteiger partial charge on any atom is 0.134 e. The van der Waals surface area contributed by atoms with E-state index in [1.807, 2.05) is 12.1 Å². The van der Waals surface area contributed by atoms with Crippen LogP contribution in [0.2, 0.25) is 5.02 Å². The number of likely N-dealkylation sites (N-methyl/N-ethyl adjacent to an activating group) is 1. The number of nitrogens with zero attached hydrogens (tertiary/aromatic N) is 1. The highest BCUT2D eigenvalue weighted by Gasteiger charge is 2.37. The Morgan fingerprint density at radius 3 is 2.87 bits per heavy atom. The highest BCUT2D eigenvalue weighted by Crippen LogP contribution is 2.45. The molecule has 0 aromatic heterocycles. The van der Waals surface area contributed by atoms with E-state index in [4.69, 9.17) is 11.6 Å². The highest BCUT2D eigenvalue weighted by atomic mass is 79.9. The third-order valence-electron chi connectivity index (χ3n) is 5.41. The first-order chi connectivity index (χ1) is 11.1. The van der Waals surface area contributed by atoms with E-state index in [0.29, 0.717) is 17.0 Å². The van der Waals surface area contributed by atoms with Crippen molar-refractivity contribution < 1.29 is 5.11 Å². The van der Waals surface area contributed by atoms with Gasteiger partial charge < -0.3 is 10.0 Å². The zero-order chi connectivity index (χ0) is 16.1. The molecule has 0 saturated heterocycles. The summed E-state index contributed by atoms with van der Waals surface area (Å²) in [5.41, 5.74) is 5.29. The van der Waals surface area contributed by atoms with Crippen molar-refractivity contribution in [2.45, 2.75) is 31.2 Å². The minimum absolute atomic E-state index is 0.191. The van der Waals surface area contributed by atoms with Crippen LogP contribution in [-0.4, -0.2) is 29.6 Å². The van der Waals surface area contributed by atoms with Gasteiger partial charge in [-0.3, -0.25) is 0 Å². The molecule has 0 amide bonds. The minimum Gasteiger partial charge on any atom is -0.506 e. The summed E-state index contributed by atoms with van der Waals surface area (Å²) >= 11 is 9.88. The van der Waals surface area contributed by atoms with Gasteiger partial charge in [0.05, 0.1) is 5.02 Å². The smallest absolute Gasteiger partial charge is 0.134 e. The zero-order valence-electron chi connectivity index (χ0n) is 13.0. The Morgan fingerprint density at radius 2 is 2.04 bits per heavy atom. The average molecular weight is 393 g/mol. The second-order valence-electron chi connectivity index (χ2n) is 6.62. The molecule has 1 heterocycles. The monoisotopic (exact) mass is 391 g/mol. The van der Waals surface area contributed by atoms with Crippen LogP contribution >= 0.6 is 27.5 Å².